The average Bonchev–Trinajstić information content (AvgIpc) is 2.04. The summed E-state index contributed by atoms with van der Waals surface area (Å²) < 4.78 is 31.7. The molecule has 0 aromatic heterocycles. The molecule has 0 saturated heterocycles. The van der Waals surface area contributed by atoms with Crippen LogP contribution in [0.3, 0.4) is 0 Å². The standard InChI is InChI=1S/C10H17N.C2HF3O2/c11-8-4-10(5-8)6-9(7-10)2-1-3-9;3-2(4,5)1(6)7/h8H,1-7,11H2;(H,6,7). The van der Waals surface area contributed by atoms with Crippen LogP contribution < -0.4 is 5.73 Å². The van der Waals surface area contributed by atoms with Crippen molar-refractivity contribution in [2.75, 3.05) is 0 Å². The van der Waals surface area contributed by atoms with Crippen LogP contribution in [0.2, 0.25) is 0 Å². The summed E-state index contributed by atoms with van der Waals surface area (Å²) in [5, 5.41) is 7.12. The minimum atomic E-state index is -5.08. The van der Waals surface area contributed by atoms with Crippen LogP contribution in [0.15, 0.2) is 0 Å². The first-order valence-corrected chi connectivity index (χ1v) is 6.22. The Hall–Kier alpha value is -0.780. The Kier molecular flexibility index (Phi) is 3.12. The molecule has 0 aromatic rings. The van der Waals surface area contributed by atoms with Gasteiger partial charge in [0.05, 0.1) is 0 Å². The van der Waals surface area contributed by atoms with Gasteiger partial charge in [-0.2, -0.15) is 13.2 Å². The van der Waals surface area contributed by atoms with Crippen LogP contribution in [0.25, 0.3) is 0 Å². The maximum Gasteiger partial charge on any atom is 0.490 e. The van der Waals surface area contributed by atoms with E-state index in [0.29, 0.717) is 6.04 Å². The molecule has 104 valence electrons. The Bertz CT molecular complexity index is 334. The molecule has 0 unspecified atom stereocenters. The lowest BCUT2D eigenvalue weighted by Crippen LogP contribution is -2.59. The van der Waals surface area contributed by atoms with Gasteiger partial charge in [0.1, 0.15) is 0 Å². The van der Waals surface area contributed by atoms with Gasteiger partial charge in [0.25, 0.3) is 0 Å². The first-order valence-electron chi connectivity index (χ1n) is 6.22. The van der Waals surface area contributed by atoms with Crippen LogP contribution in [-0.2, 0) is 4.79 Å². The summed E-state index contributed by atoms with van der Waals surface area (Å²) in [4.78, 5) is 8.90. The maximum atomic E-state index is 10.6. The van der Waals surface area contributed by atoms with Crippen molar-refractivity contribution in [2.24, 2.45) is 16.6 Å². The smallest absolute Gasteiger partial charge is 0.475 e. The van der Waals surface area contributed by atoms with Gasteiger partial charge in [-0.05, 0) is 49.4 Å². The third-order valence-corrected chi connectivity index (χ3v) is 4.55. The number of hydrogen-bond acceptors (Lipinski definition) is 2. The molecule has 0 amide bonds. The maximum absolute atomic E-state index is 10.6. The molecular weight excluding hydrogens is 247 g/mol. The van der Waals surface area contributed by atoms with E-state index in [4.69, 9.17) is 15.6 Å². The van der Waals surface area contributed by atoms with Crippen molar-refractivity contribution in [1.82, 2.24) is 0 Å². The zero-order valence-electron chi connectivity index (χ0n) is 10.1. The number of carbonyl (C=O) groups is 1. The fraction of sp³-hybridized carbons (Fsp3) is 0.917. The second-order valence-corrected chi connectivity index (χ2v) is 6.18. The van der Waals surface area contributed by atoms with E-state index in [1.165, 1.54) is 44.9 Å². The van der Waals surface area contributed by atoms with Gasteiger partial charge >= 0.3 is 12.1 Å². The van der Waals surface area contributed by atoms with E-state index >= 15 is 0 Å². The van der Waals surface area contributed by atoms with E-state index in [2.05, 4.69) is 0 Å². The lowest BCUT2D eigenvalue weighted by Gasteiger charge is -2.66. The Morgan fingerprint density at radius 1 is 1.17 bits per heavy atom. The van der Waals surface area contributed by atoms with Gasteiger partial charge in [0.15, 0.2) is 0 Å². The molecular formula is C12H18F3NO2. The number of carboxylic acids is 1. The van der Waals surface area contributed by atoms with Crippen LogP contribution in [0.1, 0.15) is 44.9 Å². The fourth-order valence-electron chi connectivity index (χ4n) is 3.91. The fourth-order valence-corrected chi connectivity index (χ4v) is 3.91. The van der Waals surface area contributed by atoms with Gasteiger partial charge in [-0.1, -0.05) is 6.42 Å². The largest absolute Gasteiger partial charge is 0.490 e. The number of alkyl halides is 3. The molecule has 3 N–H and O–H groups in total. The Balaban J connectivity index is 0.000000152. The predicted octanol–water partition coefficient (Wildman–Crippen LogP) is 2.69. The summed E-state index contributed by atoms with van der Waals surface area (Å²) in [6, 6.07) is 0.562. The van der Waals surface area contributed by atoms with Gasteiger partial charge in [-0.15, -0.1) is 0 Å². The van der Waals surface area contributed by atoms with E-state index in [0.717, 1.165) is 10.8 Å². The minimum absolute atomic E-state index is 0.562. The quantitative estimate of drug-likeness (QED) is 0.707. The van der Waals surface area contributed by atoms with Crippen molar-refractivity contribution in [3.63, 3.8) is 0 Å². The van der Waals surface area contributed by atoms with Crippen LogP contribution in [0.5, 0.6) is 0 Å². The molecule has 0 bridgehead atoms. The normalized spacial score (nSPS) is 27.6. The molecule has 6 heteroatoms. The highest BCUT2D eigenvalue weighted by atomic mass is 19.4. The van der Waals surface area contributed by atoms with Crippen molar-refractivity contribution in [1.29, 1.82) is 0 Å². The van der Waals surface area contributed by atoms with E-state index in [1.54, 1.807) is 0 Å². The van der Waals surface area contributed by atoms with Crippen molar-refractivity contribution < 1.29 is 23.1 Å². The molecule has 0 radical (unpaired) electrons. The third-order valence-electron chi connectivity index (χ3n) is 4.55. The SMILES string of the molecule is NC1CC2(C1)CC1(CCC1)C2.O=C(O)C(F)(F)F. The summed E-state index contributed by atoms with van der Waals surface area (Å²) in [5.41, 5.74) is 7.45. The second kappa shape index (κ2) is 4.11. The van der Waals surface area contributed by atoms with E-state index in [-0.39, 0.29) is 0 Å². The van der Waals surface area contributed by atoms with Crippen LogP contribution in [0.4, 0.5) is 13.2 Å². The Morgan fingerprint density at radius 2 is 1.61 bits per heavy atom. The highest BCUT2D eigenvalue weighted by Crippen LogP contribution is 2.70. The van der Waals surface area contributed by atoms with Crippen molar-refractivity contribution >= 4 is 5.97 Å². The zero-order chi connectivity index (χ0) is 13.6. The number of hydrogen-bond donors (Lipinski definition) is 2. The molecule has 3 rings (SSSR count). The number of halogens is 3. The van der Waals surface area contributed by atoms with Gasteiger partial charge in [-0.3, -0.25) is 0 Å². The van der Waals surface area contributed by atoms with Crippen LogP contribution in [0, 0.1) is 10.8 Å². The molecule has 0 heterocycles. The lowest BCUT2D eigenvalue weighted by molar-refractivity contribution is -0.192. The molecule has 3 aliphatic carbocycles. The molecule has 0 aliphatic heterocycles. The minimum Gasteiger partial charge on any atom is -0.475 e. The summed E-state index contributed by atoms with van der Waals surface area (Å²) in [6.45, 7) is 0. The summed E-state index contributed by atoms with van der Waals surface area (Å²) >= 11 is 0. The van der Waals surface area contributed by atoms with Gasteiger partial charge in [0, 0.05) is 6.04 Å². The number of carboxylic acid groups (broad SMARTS) is 1. The van der Waals surface area contributed by atoms with E-state index in [1.807, 2.05) is 0 Å². The first-order chi connectivity index (χ1) is 8.17. The monoisotopic (exact) mass is 265 g/mol. The number of rotatable bonds is 0. The summed E-state index contributed by atoms with van der Waals surface area (Å²) in [7, 11) is 0. The molecule has 3 fully saturated rings. The van der Waals surface area contributed by atoms with Gasteiger partial charge in [-0.25, -0.2) is 4.79 Å². The molecule has 0 aromatic carbocycles. The van der Waals surface area contributed by atoms with E-state index < -0.39 is 12.1 Å². The average molecular weight is 265 g/mol. The van der Waals surface area contributed by atoms with Crippen molar-refractivity contribution in [2.45, 2.75) is 57.2 Å². The first kappa shape index (κ1) is 13.6. The van der Waals surface area contributed by atoms with Crippen LogP contribution in [-0.4, -0.2) is 23.3 Å². The molecule has 18 heavy (non-hydrogen) atoms. The van der Waals surface area contributed by atoms with E-state index in [9.17, 15) is 13.2 Å². The molecule has 0 atom stereocenters. The topological polar surface area (TPSA) is 63.3 Å². The Labute approximate surface area is 104 Å². The molecule has 3 saturated carbocycles. The highest BCUT2D eigenvalue weighted by molar-refractivity contribution is 5.73. The Morgan fingerprint density at radius 3 is 1.83 bits per heavy atom. The second-order valence-electron chi connectivity index (χ2n) is 6.18. The predicted molar refractivity (Wildman–Crippen MR) is 58.9 cm³/mol. The summed E-state index contributed by atoms with van der Waals surface area (Å²) in [6.07, 6.45) is 5.24. The van der Waals surface area contributed by atoms with Gasteiger partial charge in [0.2, 0.25) is 0 Å². The van der Waals surface area contributed by atoms with Crippen LogP contribution >= 0.6 is 0 Å². The lowest BCUT2D eigenvalue weighted by atomic mass is 9.39. The van der Waals surface area contributed by atoms with Crippen molar-refractivity contribution in [3.8, 4) is 0 Å². The number of aliphatic carboxylic acids is 1. The third kappa shape index (κ3) is 2.48. The van der Waals surface area contributed by atoms with Crippen molar-refractivity contribution in [3.05, 3.63) is 0 Å². The van der Waals surface area contributed by atoms with Gasteiger partial charge < -0.3 is 10.8 Å². The number of nitrogens with two attached hydrogens (primary N) is 1. The molecule has 3 nitrogen and oxygen atoms in total. The summed E-state index contributed by atoms with van der Waals surface area (Å²) in [5.74, 6) is -2.76. The molecule has 3 aliphatic rings. The zero-order valence-corrected chi connectivity index (χ0v) is 10.1. The highest BCUT2D eigenvalue weighted by Gasteiger charge is 2.60. The molecule has 2 spiro atoms.